The van der Waals surface area contributed by atoms with Crippen LogP contribution in [0.3, 0.4) is 0 Å². The zero-order chi connectivity index (χ0) is 16.7. The summed E-state index contributed by atoms with van der Waals surface area (Å²) in [6.45, 7) is 1.79. The van der Waals surface area contributed by atoms with Crippen LogP contribution in [0.1, 0.15) is 22.6 Å². The van der Waals surface area contributed by atoms with Crippen LogP contribution in [-0.2, 0) is 6.54 Å². The Morgan fingerprint density at radius 3 is 2.83 bits per heavy atom. The van der Waals surface area contributed by atoms with Gasteiger partial charge in [-0.2, -0.15) is 5.10 Å². The summed E-state index contributed by atoms with van der Waals surface area (Å²) in [5.74, 6) is 0.252. The summed E-state index contributed by atoms with van der Waals surface area (Å²) in [5, 5.41) is 8.36. The van der Waals surface area contributed by atoms with Crippen LogP contribution in [0.5, 0.6) is 0 Å². The minimum absolute atomic E-state index is 0.252. The molecule has 0 saturated heterocycles. The number of fused-ring (bicyclic) bond motifs is 1. The fraction of sp³-hybridized carbons (Fsp3) is 0.211. The van der Waals surface area contributed by atoms with Crippen molar-refractivity contribution in [1.29, 1.82) is 0 Å². The van der Waals surface area contributed by atoms with Gasteiger partial charge in [-0.3, -0.25) is 5.10 Å². The molecule has 0 saturated carbocycles. The minimum Gasteiger partial charge on any atom is -0.301 e. The highest BCUT2D eigenvalue weighted by molar-refractivity contribution is 6.35. The lowest BCUT2D eigenvalue weighted by Crippen LogP contribution is -2.31. The van der Waals surface area contributed by atoms with Crippen molar-refractivity contribution in [3.05, 3.63) is 75.5 Å². The van der Waals surface area contributed by atoms with Crippen molar-refractivity contribution in [2.75, 3.05) is 13.6 Å². The van der Waals surface area contributed by atoms with E-state index in [4.69, 9.17) is 23.2 Å². The van der Waals surface area contributed by atoms with Gasteiger partial charge in [0.25, 0.3) is 0 Å². The molecule has 1 aliphatic rings. The van der Waals surface area contributed by atoms with E-state index in [9.17, 15) is 0 Å². The standard InChI is InChI=1S/C19H17Cl2N3/c1-24-10-17(16-6-15(20)7-19(21)18(16)11-24)13-4-2-3-12(5-13)14-8-22-23-9-14/h2-9,17H,10-11H2,1H3,(H,22,23)/t17-/m0/s1. The molecule has 1 atom stereocenters. The largest absolute Gasteiger partial charge is 0.301 e. The predicted octanol–water partition coefficient (Wildman–Crippen LogP) is 4.96. The van der Waals surface area contributed by atoms with Crippen LogP contribution in [0.15, 0.2) is 48.8 Å². The summed E-state index contributed by atoms with van der Waals surface area (Å²) >= 11 is 12.7. The Balaban J connectivity index is 1.82. The van der Waals surface area contributed by atoms with E-state index in [0.29, 0.717) is 5.02 Å². The van der Waals surface area contributed by atoms with Gasteiger partial charge in [-0.05, 0) is 41.4 Å². The van der Waals surface area contributed by atoms with Crippen molar-refractivity contribution in [1.82, 2.24) is 15.1 Å². The number of aromatic amines is 1. The van der Waals surface area contributed by atoms with Crippen LogP contribution in [0.4, 0.5) is 0 Å². The van der Waals surface area contributed by atoms with Gasteiger partial charge >= 0.3 is 0 Å². The van der Waals surface area contributed by atoms with E-state index in [-0.39, 0.29) is 5.92 Å². The maximum atomic E-state index is 6.45. The topological polar surface area (TPSA) is 31.9 Å². The second-order valence-corrected chi connectivity index (χ2v) is 7.16. The summed E-state index contributed by atoms with van der Waals surface area (Å²) < 4.78 is 0. The molecule has 3 aromatic rings. The van der Waals surface area contributed by atoms with E-state index in [1.165, 1.54) is 16.7 Å². The Kier molecular flexibility index (Phi) is 4.09. The van der Waals surface area contributed by atoms with Gasteiger partial charge in [-0.25, -0.2) is 0 Å². The third-order valence-corrected chi connectivity index (χ3v) is 5.17. The molecule has 24 heavy (non-hydrogen) atoms. The Morgan fingerprint density at radius 2 is 2.04 bits per heavy atom. The van der Waals surface area contributed by atoms with Crippen LogP contribution in [-0.4, -0.2) is 28.7 Å². The Hall–Kier alpha value is -1.81. The van der Waals surface area contributed by atoms with E-state index >= 15 is 0 Å². The summed E-state index contributed by atoms with van der Waals surface area (Å²) in [4.78, 5) is 2.30. The van der Waals surface area contributed by atoms with E-state index < -0.39 is 0 Å². The zero-order valence-corrected chi connectivity index (χ0v) is 14.8. The summed E-state index contributed by atoms with van der Waals surface area (Å²) in [5.41, 5.74) is 5.91. The highest BCUT2D eigenvalue weighted by Gasteiger charge is 2.27. The Morgan fingerprint density at radius 1 is 1.17 bits per heavy atom. The molecular formula is C19H17Cl2N3. The first-order chi connectivity index (χ1) is 11.6. The molecule has 4 rings (SSSR count). The summed E-state index contributed by atoms with van der Waals surface area (Å²) in [7, 11) is 2.13. The van der Waals surface area contributed by atoms with Gasteiger partial charge in [0, 0.05) is 40.8 Å². The monoisotopic (exact) mass is 357 g/mol. The van der Waals surface area contributed by atoms with Gasteiger partial charge in [-0.15, -0.1) is 0 Å². The van der Waals surface area contributed by atoms with Crippen LogP contribution in [0, 0.1) is 0 Å². The molecule has 1 N–H and O–H groups in total. The van der Waals surface area contributed by atoms with Crippen molar-refractivity contribution in [2.24, 2.45) is 0 Å². The van der Waals surface area contributed by atoms with Gasteiger partial charge in [0.05, 0.1) is 6.20 Å². The molecule has 0 spiro atoms. The summed E-state index contributed by atoms with van der Waals surface area (Å²) in [6, 6.07) is 12.5. The van der Waals surface area contributed by atoms with Crippen molar-refractivity contribution in [2.45, 2.75) is 12.5 Å². The molecule has 5 heteroatoms. The molecule has 1 aromatic heterocycles. The first-order valence-corrected chi connectivity index (χ1v) is 8.63. The molecule has 0 unspecified atom stereocenters. The van der Waals surface area contributed by atoms with Crippen molar-refractivity contribution >= 4 is 23.2 Å². The normalized spacial score (nSPS) is 17.7. The quantitative estimate of drug-likeness (QED) is 0.702. The van der Waals surface area contributed by atoms with E-state index in [1.807, 2.05) is 18.5 Å². The number of halogens is 2. The molecule has 3 nitrogen and oxygen atoms in total. The number of hydrogen-bond acceptors (Lipinski definition) is 2. The third-order valence-electron chi connectivity index (χ3n) is 4.61. The van der Waals surface area contributed by atoms with Crippen molar-refractivity contribution in [3.8, 4) is 11.1 Å². The number of likely N-dealkylation sites (N-methyl/N-ethyl adjacent to an activating group) is 1. The van der Waals surface area contributed by atoms with Crippen LogP contribution in [0.25, 0.3) is 11.1 Å². The number of rotatable bonds is 2. The van der Waals surface area contributed by atoms with E-state index in [2.05, 4.69) is 52.5 Å². The molecule has 122 valence electrons. The third kappa shape index (κ3) is 2.84. The molecule has 0 fully saturated rings. The van der Waals surface area contributed by atoms with Crippen molar-refractivity contribution in [3.63, 3.8) is 0 Å². The molecule has 0 radical (unpaired) electrons. The Bertz CT molecular complexity index is 874. The fourth-order valence-corrected chi connectivity index (χ4v) is 4.04. The lowest BCUT2D eigenvalue weighted by Gasteiger charge is -2.33. The SMILES string of the molecule is CN1Cc2c(Cl)cc(Cl)cc2[C@H](c2cccc(-c3cn[nH]c3)c2)C1. The number of benzene rings is 2. The maximum absolute atomic E-state index is 6.45. The smallest absolute Gasteiger partial charge is 0.0565 e. The fourth-order valence-electron chi connectivity index (χ4n) is 3.47. The van der Waals surface area contributed by atoms with Gasteiger partial charge in [0.1, 0.15) is 0 Å². The van der Waals surface area contributed by atoms with Crippen molar-refractivity contribution < 1.29 is 0 Å². The summed E-state index contributed by atoms with van der Waals surface area (Å²) in [6.07, 6.45) is 3.75. The lowest BCUT2D eigenvalue weighted by atomic mass is 9.84. The van der Waals surface area contributed by atoms with E-state index in [1.54, 1.807) is 0 Å². The van der Waals surface area contributed by atoms with Crippen LogP contribution >= 0.6 is 23.2 Å². The van der Waals surface area contributed by atoms with Gasteiger partial charge < -0.3 is 4.90 Å². The van der Waals surface area contributed by atoms with Gasteiger partial charge in [0.2, 0.25) is 0 Å². The number of nitrogens with zero attached hydrogens (tertiary/aromatic N) is 2. The molecule has 2 aromatic carbocycles. The minimum atomic E-state index is 0.252. The molecule has 1 aliphatic heterocycles. The van der Waals surface area contributed by atoms with Gasteiger partial charge in [0.15, 0.2) is 0 Å². The predicted molar refractivity (Wildman–Crippen MR) is 98.7 cm³/mol. The van der Waals surface area contributed by atoms with E-state index in [0.717, 1.165) is 29.2 Å². The second-order valence-electron chi connectivity index (χ2n) is 6.32. The van der Waals surface area contributed by atoms with Gasteiger partial charge in [-0.1, -0.05) is 47.5 Å². The number of nitrogens with one attached hydrogen (secondary N) is 1. The molecule has 2 heterocycles. The Labute approximate surface area is 151 Å². The first-order valence-electron chi connectivity index (χ1n) is 7.87. The van der Waals surface area contributed by atoms with Crippen LogP contribution in [0.2, 0.25) is 10.0 Å². The zero-order valence-electron chi connectivity index (χ0n) is 13.3. The number of H-pyrrole nitrogens is 1. The lowest BCUT2D eigenvalue weighted by molar-refractivity contribution is 0.295. The van der Waals surface area contributed by atoms with Crippen LogP contribution < -0.4 is 0 Å². The highest BCUT2D eigenvalue weighted by atomic mass is 35.5. The highest BCUT2D eigenvalue weighted by Crippen LogP contribution is 2.39. The molecule has 0 amide bonds. The average molecular weight is 358 g/mol. The maximum Gasteiger partial charge on any atom is 0.0565 e. The number of hydrogen-bond donors (Lipinski definition) is 1. The first kappa shape index (κ1) is 15.7. The molecule has 0 aliphatic carbocycles. The number of aromatic nitrogens is 2. The average Bonchev–Trinajstić information content (AvgIpc) is 3.10. The molecular weight excluding hydrogens is 341 g/mol. The second kappa shape index (κ2) is 6.25. The molecule has 0 bridgehead atoms.